The van der Waals surface area contributed by atoms with E-state index in [1.807, 2.05) is 0 Å². The summed E-state index contributed by atoms with van der Waals surface area (Å²) in [6.07, 6.45) is 0.414. The number of hydrogen-bond acceptors (Lipinski definition) is 5. The van der Waals surface area contributed by atoms with E-state index in [0.717, 1.165) is 9.87 Å². The van der Waals surface area contributed by atoms with Crippen LogP contribution >= 0.6 is 23.2 Å². The minimum Gasteiger partial charge on any atom is -0.465 e. The molecule has 2 aromatic carbocycles. The van der Waals surface area contributed by atoms with Gasteiger partial charge in [0.15, 0.2) is 0 Å². The summed E-state index contributed by atoms with van der Waals surface area (Å²) in [5.74, 6) is -0.584. The minimum absolute atomic E-state index is 0.0593. The molecule has 1 aliphatic heterocycles. The Kier molecular flexibility index (Phi) is 7.84. The smallest absolute Gasteiger partial charge is 0.408 e. The number of fused-ring (bicyclic) bond motifs is 1. The predicted molar refractivity (Wildman–Crippen MR) is 151 cm³/mol. The Morgan fingerprint density at radius 2 is 1.74 bits per heavy atom. The fraction of sp³-hybridized carbons (Fsp3) is 0.296. The van der Waals surface area contributed by atoms with Gasteiger partial charge < -0.3 is 10.4 Å². The molecule has 1 unspecified atom stereocenters. The Labute approximate surface area is 237 Å². The Bertz CT molecular complexity index is 1540. The first-order valence-electron chi connectivity index (χ1n) is 12.1. The molecular weight excluding hydrogens is 563 g/mol. The van der Waals surface area contributed by atoms with Crippen LogP contribution in [0.5, 0.6) is 0 Å². The lowest BCUT2D eigenvalue weighted by molar-refractivity contribution is 0.0713. The van der Waals surface area contributed by atoms with Crippen molar-refractivity contribution >= 4 is 56.6 Å². The number of halogens is 2. The second kappa shape index (κ2) is 10.7. The summed E-state index contributed by atoms with van der Waals surface area (Å²) in [5.41, 5.74) is 0.882. The zero-order valence-electron chi connectivity index (χ0n) is 21.8. The van der Waals surface area contributed by atoms with E-state index in [2.05, 4.69) is 10.3 Å². The average molecular weight is 592 g/mol. The third-order valence-corrected chi connectivity index (χ3v) is 8.75. The molecule has 2 heterocycles. The lowest BCUT2D eigenvalue weighted by Gasteiger charge is -2.44. The number of carbonyl (C=O) groups excluding carboxylic acids is 1. The van der Waals surface area contributed by atoms with E-state index in [1.54, 1.807) is 52.0 Å². The van der Waals surface area contributed by atoms with E-state index in [0.29, 0.717) is 5.69 Å². The fourth-order valence-electron chi connectivity index (χ4n) is 4.70. The number of sulfonamides is 1. The van der Waals surface area contributed by atoms with E-state index in [4.69, 9.17) is 23.2 Å². The Morgan fingerprint density at radius 3 is 2.33 bits per heavy atom. The molecule has 0 radical (unpaired) electrons. The van der Waals surface area contributed by atoms with Crippen LogP contribution < -0.4 is 9.62 Å². The number of nitrogens with zero attached hydrogens (tertiary/aromatic N) is 3. The zero-order valence-corrected chi connectivity index (χ0v) is 24.1. The number of aromatic nitrogens is 1. The molecule has 0 fully saturated rings. The van der Waals surface area contributed by atoms with Crippen LogP contribution in [-0.2, 0) is 16.4 Å². The first-order valence-corrected chi connectivity index (χ1v) is 14.3. The van der Waals surface area contributed by atoms with Crippen LogP contribution in [0.4, 0.5) is 16.2 Å². The number of benzene rings is 2. The summed E-state index contributed by atoms with van der Waals surface area (Å²) in [4.78, 5) is 31.0. The van der Waals surface area contributed by atoms with E-state index in [1.165, 1.54) is 35.4 Å². The molecule has 3 aromatic rings. The van der Waals surface area contributed by atoms with Crippen LogP contribution in [0.1, 0.15) is 42.4 Å². The molecule has 0 bridgehead atoms. The van der Waals surface area contributed by atoms with Crippen LogP contribution in [0.25, 0.3) is 0 Å². The predicted octanol–water partition coefficient (Wildman–Crippen LogP) is 5.85. The van der Waals surface area contributed by atoms with Gasteiger partial charge in [0, 0.05) is 12.0 Å². The molecule has 0 aliphatic carbocycles. The molecule has 2 amide bonds. The topological polar surface area (TPSA) is 120 Å². The van der Waals surface area contributed by atoms with E-state index >= 15 is 0 Å². The van der Waals surface area contributed by atoms with Gasteiger partial charge in [0.05, 0.1) is 56.4 Å². The number of rotatable bonds is 5. The van der Waals surface area contributed by atoms with Crippen LogP contribution in [0.15, 0.2) is 59.6 Å². The molecule has 1 atom stereocenters. The van der Waals surface area contributed by atoms with Crippen molar-refractivity contribution in [3.05, 3.63) is 81.6 Å². The number of aryl methyl sites for hydroxylation is 1. The van der Waals surface area contributed by atoms with Crippen molar-refractivity contribution in [3.63, 3.8) is 0 Å². The largest absolute Gasteiger partial charge is 0.465 e. The number of pyridine rings is 1. The fourth-order valence-corrected chi connectivity index (χ4v) is 6.90. The van der Waals surface area contributed by atoms with Gasteiger partial charge in [0.1, 0.15) is 0 Å². The zero-order chi connectivity index (χ0) is 28.7. The summed E-state index contributed by atoms with van der Waals surface area (Å²) in [6, 6.07) is 12.0. The summed E-state index contributed by atoms with van der Waals surface area (Å²) >= 11 is 12.4. The Morgan fingerprint density at radius 1 is 1.10 bits per heavy atom. The van der Waals surface area contributed by atoms with Crippen LogP contribution in [0.3, 0.4) is 0 Å². The Hall–Kier alpha value is -3.34. The van der Waals surface area contributed by atoms with Gasteiger partial charge in [-0.25, -0.2) is 13.2 Å². The van der Waals surface area contributed by atoms with Gasteiger partial charge in [-0.1, -0.05) is 41.4 Å². The number of amides is 2. The molecule has 1 aromatic heterocycles. The number of hydrogen-bond donors (Lipinski definition) is 2. The van der Waals surface area contributed by atoms with E-state index in [9.17, 15) is 23.1 Å². The first kappa shape index (κ1) is 28.7. The molecule has 0 saturated carbocycles. The molecule has 1 aliphatic rings. The van der Waals surface area contributed by atoms with Crippen molar-refractivity contribution in [1.82, 2.24) is 9.88 Å². The van der Waals surface area contributed by atoms with Gasteiger partial charge in [-0.2, -0.15) is 0 Å². The number of nitrogens with one attached hydrogen (secondary N) is 1. The molecule has 206 valence electrons. The molecule has 4 rings (SSSR count). The summed E-state index contributed by atoms with van der Waals surface area (Å²) in [5, 5.41) is 13.0. The first-order chi connectivity index (χ1) is 18.2. The van der Waals surface area contributed by atoms with Crippen molar-refractivity contribution in [2.24, 2.45) is 0 Å². The maximum Gasteiger partial charge on any atom is 0.408 e. The number of carboxylic acid groups (broad SMARTS) is 1. The molecule has 0 spiro atoms. The van der Waals surface area contributed by atoms with E-state index < -0.39 is 33.6 Å². The monoisotopic (exact) mass is 590 g/mol. The lowest BCUT2D eigenvalue weighted by atomic mass is 9.97. The lowest BCUT2D eigenvalue weighted by Crippen LogP contribution is -2.58. The van der Waals surface area contributed by atoms with Crippen LogP contribution in [-0.4, -0.2) is 53.5 Å². The number of carbonyl (C=O) groups is 2. The summed E-state index contributed by atoms with van der Waals surface area (Å²) in [7, 11) is -4.13. The van der Waals surface area contributed by atoms with Gasteiger partial charge >= 0.3 is 6.09 Å². The molecular formula is C27H28Cl2N4O5S. The normalized spacial score (nSPS) is 15.4. The SMILES string of the molecule is Cc1cccc(S(=O)(=O)N2CC(N(C(=O)O)C(C)(C)C)Cc3ncc(NC(=O)c4c(Cl)cccc4Cl)cc32)c1. The Balaban J connectivity index is 1.80. The van der Waals surface area contributed by atoms with Crippen molar-refractivity contribution in [3.8, 4) is 0 Å². The standard InChI is InChI=1S/C27H28Cl2N4O5S/c1-16-7-5-8-19(11-16)39(37,38)32-15-18(33(26(35)36)27(2,3)4)13-22-23(32)12-17(14-30-22)31-25(34)24-20(28)9-6-10-21(24)29/h5-12,14,18H,13,15H2,1-4H3,(H,31,34)(H,35,36). The minimum atomic E-state index is -4.13. The van der Waals surface area contributed by atoms with Gasteiger partial charge in [0.2, 0.25) is 0 Å². The van der Waals surface area contributed by atoms with Gasteiger partial charge in [0.25, 0.3) is 15.9 Å². The molecule has 39 heavy (non-hydrogen) atoms. The molecule has 2 N–H and O–H groups in total. The summed E-state index contributed by atoms with van der Waals surface area (Å²) in [6.45, 7) is 6.90. The highest BCUT2D eigenvalue weighted by molar-refractivity contribution is 7.92. The maximum atomic E-state index is 13.9. The molecule has 12 heteroatoms. The third kappa shape index (κ3) is 5.83. The highest BCUT2D eigenvalue weighted by atomic mass is 35.5. The highest BCUT2D eigenvalue weighted by Crippen LogP contribution is 2.36. The number of anilines is 2. The summed E-state index contributed by atoms with van der Waals surface area (Å²) < 4.78 is 29.1. The highest BCUT2D eigenvalue weighted by Gasteiger charge is 2.41. The maximum absolute atomic E-state index is 13.9. The van der Waals surface area contributed by atoms with Crippen molar-refractivity contribution in [2.45, 2.75) is 50.6 Å². The second-order valence-electron chi connectivity index (χ2n) is 10.3. The van der Waals surface area contributed by atoms with Crippen molar-refractivity contribution < 1.29 is 23.1 Å². The van der Waals surface area contributed by atoms with Crippen LogP contribution in [0.2, 0.25) is 10.0 Å². The van der Waals surface area contributed by atoms with E-state index in [-0.39, 0.29) is 44.8 Å². The van der Waals surface area contributed by atoms with Gasteiger partial charge in [-0.3, -0.25) is 19.0 Å². The van der Waals surface area contributed by atoms with Gasteiger partial charge in [-0.05, 0) is 63.6 Å². The molecule has 0 saturated heterocycles. The average Bonchev–Trinajstić information content (AvgIpc) is 2.82. The second-order valence-corrected chi connectivity index (χ2v) is 13.0. The third-order valence-electron chi connectivity index (χ3n) is 6.34. The van der Waals surface area contributed by atoms with Crippen LogP contribution in [0, 0.1) is 6.92 Å². The quantitative estimate of drug-likeness (QED) is 0.384. The molecule has 9 nitrogen and oxygen atoms in total. The van der Waals surface area contributed by atoms with Gasteiger partial charge in [-0.15, -0.1) is 0 Å². The van der Waals surface area contributed by atoms with Crippen molar-refractivity contribution in [2.75, 3.05) is 16.2 Å². The van der Waals surface area contributed by atoms with Crippen molar-refractivity contribution in [1.29, 1.82) is 0 Å².